The summed E-state index contributed by atoms with van der Waals surface area (Å²) in [4.78, 5) is 14.7. The summed E-state index contributed by atoms with van der Waals surface area (Å²) >= 11 is 0. The van der Waals surface area contributed by atoms with Crippen LogP contribution < -0.4 is 4.74 Å². The standard InChI is InChI=1S/C20H31N3O3/c1-14-3-5-15(6-4-14)11-18(25)23-9-7-20(8-10-23)12-16(24)19-17(26-20)13-22(2)21-19/h13-16,24H,3-12H2,1-2H3. The molecule has 1 aliphatic carbocycles. The van der Waals surface area contributed by atoms with Gasteiger partial charge in [0.15, 0.2) is 5.75 Å². The Morgan fingerprint density at radius 3 is 2.69 bits per heavy atom. The Kier molecular flexibility index (Phi) is 4.71. The summed E-state index contributed by atoms with van der Waals surface area (Å²) in [5.41, 5.74) is 0.287. The maximum absolute atomic E-state index is 12.7. The maximum Gasteiger partial charge on any atom is 0.222 e. The summed E-state index contributed by atoms with van der Waals surface area (Å²) in [7, 11) is 1.84. The van der Waals surface area contributed by atoms with Crippen LogP contribution in [0.15, 0.2) is 6.20 Å². The normalized spacial score (nSPS) is 30.7. The Morgan fingerprint density at radius 1 is 1.31 bits per heavy atom. The highest BCUT2D eigenvalue weighted by atomic mass is 16.5. The van der Waals surface area contributed by atoms with Crippen LogP contribution in [0.5, 0.6) is 5.75 Å². The smallest absolute Gasteiger partial charge is 0.222 e. The molecule has 1 aromatic rings. The number of amides is 1. The molecule has 1 amide bonds. The monoisotopic (exact) mass is 361 g/mol. The van der Waals surface area contributed by atoms with Gasteiger partial charge < -0.3 is 14.7 Å². The van der Waals surface area contributed by atoms with Crippen molar-refractivity contribution in [1.29, 1.82) is 0 Å². The van der Waals surface area contributed by atoms with Crippen LogP contribution in [0.4, 0.5) is 0 Å². The third-order valence-electron chi connectivity index (χ3n) is 6.66. The first-order valence-electron chi connectivity index (χ1n) is 10.1. The Balaban J connectivity index is 1.33. The predicted octanol–water partition coefficient (Wildman–Crippen LogP) is 2.81. The number of carbonyl (C=O) groups excluding carboxylic acids is 1. The number of fused-ring (bicyclic) bond motifs is 1. The SMILES string of the molecule is CC1CCC(CC(=O)N2CCC3(CC2)CC(O)c2nn(C)cc2O3)CC1. The van der Waals surface area contributed by atoms with Crippen molar-refractivity contribution in [3.8, 4) is 5.75 Å². The van der Waals surface area contributed by atoms with Gasteiger partial charge in [-0.05, 0) is 24.7 Å². The van der Waals surface area contributed by atoms with Crippen molar-refractivity contribution in [2.75, 3.05) is 13.1 Å². The van der Waals surface area contributed by atoms with Crippen LogP contribution in [-0.4, -0.2) is 44.4 Å². The van der Waals surface area contributed by atoms with Crippen LogP contribution in [-0.2, 0) is 11.8 Å². The van der Waals surface area contributed by atoms with Gasteiger partial charge in [0.05, 0.1) is 6.20 Å². The topological polar surface area (TPSA) is 67.6 Å². The Hall–Kier alpha value is -1.56. The summed E-state index contributed by atoms with van der Waals surface area (Å²) in [5.74, 6) is 2.39. The second kappa shape index (κ2) is 6.87. The van der Waals surface area contributed by atoms with E-state index in [0.717, 1.165) is 31.8 Å². The molecule has 1 saturated carbocycles. The summed E-state index contributed by atoms with van der Waals surface area (Å²) < 4.78 is 7.95. The minimum atomic E-state index is -0.577. The van der Waals surface area contributed by atoms with E-state index in [1.165, 1.54) is 25.7 Å². The number of aliphatic hydroxyl groups excluding tert-OH is 1. The molecule has 3 aliphatic rings. The van der Waals surface area contributed by atoms with Gasteiger partial charge in [-0.2, -0.15) is 5.10 Å². The van der Waals surface area contributed by atoms with Gasteiger partial charge in [0.25, 0.3) is 0 Å². The summed E-state index contributed by atoms with van der Waals surface area (Å²) in [6.07, 6.45) is 9.02. The fourth-order valence-electron chi connectivity index (χ4n) is 4.90. The van der Waals surface area contributed by atoms with Gasteiger partial charge in [-0.1, -0.05) is 19.8 Å². The molecule has 6 nitrogen and oxygen atoms in total. The molecule has 0 bridgehead atoms. The van der Waals surface area contributed by atoms with Crippen LogP contribution >= 0.6 is 0 Å². The number of nitrogens with zero attached hydrogens (tertiary/aromatic N) is 3. The molecule has 1 N–H and O–H groups in total. The molecule has 4 rings (SSSR count). The molecule has 0 aromatic carbocycles. The Labute approximate surface area is 155 Å². The van der Waals surface area contributed by atoms with E-state index in [0.29, 0.717) is 36.1 Å². The quantitative estimate of drug-likeness (QED) is 0.879. The van der Waals surface area contributed by atoms with E-state index in [1.54, 1.807) is 4.68 Å². The van der Waals surface area contributed by atoms with Crippen molar-refractivity contribution >= 4 is 5.91 Å². The third-order valence-corrected chi connectivity index (χ3v) is 6.66. The minimum absolute atomic E-state index is 0.304. The first-order chi connectivity index (χ1) is 12.4. The van der Waals surface area contributed by atoms with Gasteiger partial charge >= 0.3 is 0 Å². The zero-order valence-corrected chi connectivity index (χ0v) is 16.0. The summed E-state index contributed by atoms with van der Waals surface area (Å²) in [5, 5.41) is 14.8. The van der Waals surface area contributed by atoms with E-state index in [-0.39, 0.29) is 5.60 Å². The molecule has 1 spiro atoms. The molecule has 0 radical (unpaired) electrons. The van der Waals surface area contributed by atoms with Crippen LogP contribution in [0.1, 0.15) is 70.1 Å². The fourth-order valence-corrected chi connectivity index (χ4v) is 4.90. The third kappa shape index (κ3) is 3.48. The van der Waals surface area contributed by atoms with Crippen molar-refractivity contribution in [2.45, 2.75) is 70.0 Å². The number of aryl methyl sites for hydroxylation is 1. The second-order valence-electron chi connectivity index (χ2n) is 8.77. The molecule has 2 fully saturated rings. The van der Waals surface area contributed by atoms with Gasteiger partial charge in [-0.25, -0.2) is 0 Å². The minimum Gasteiger partial charge on any atom is -0.483 e. The Bertz CT molecular complexity index is 655. The molecule has 2 aliphatic heterocycles. The lowest BCUT2D eigenvalue weighted by Gasteiger charge is -2.45. The number of hydrogen-bond donors (Lipinski definition) is 1. The average Bonchev–Trinajstić information content (AvgIpc) is 2.98. The van der Waals surface area contributed by atoms with Gasteiger partial charge in [0.1, 0.15) is 17.4 Å². The van der Waals surface area contributed by atoms with Crippen LogP contribution in [0.25, 0.3) is 0 Å². The number of hydrogen-bond acceptors (Lipinski definition) is 4. The van der Waals surface area contributed by atoms with Crippen molar-refractivity contribution in [3.63, 3.8) is 0 Å². The molecule has 1 unspecified atom stereocenters. The highest BCUT2D eigenvalue weighted by molar-refractivity contribution is 5.76. The number of aromatic nitrogens is 2. The molecule has 6 heteroatoms. The van der Waals surface area contributed by atoms with E-state index >= 15 is 0 Å². The second-order valence-corrected chi connectivity index (χ2v) is 8.77. The number of aliphatic hydroxyl groups is 1. The lowest BCUT2D eigenvalue weighted by atomic mass is 9.80. The van der Waals surface area contributed by atoms with E-state index < -0.39 is 6.10 Å². The fraction of sp³-hybridized carbons (Fsp3) is 0.800. The lowest BCUT2D eigenvalue weighted by molar-refractivity contribution is -0.137. The molecule has 1 saturated heterocycles. The molecule has 1 aromatic heterocycles. The van der Waals surface area contributed by atoms with Gasteiger partial charge in [0, 0.05) is 45.8 Å². The number of piperidine rings is 1. The first-order valence-corrected chi connectivity index (χ1v) is 10.1. The molecule has 1 atom stereocenters. The summed E-state index contributed by atoms with van der Waals surface area (Å²) in [6, 6.07) is 0. The van der Waals surface area contributed by atoms with Crippen molar-refractivity contribution in [1.82, 2.24) is 14.7 Å². The van der Waals surface area contributed by atoms with E-state index in [2.05, 4.69) is 12.0 Å². The number of carbonyl (C=O) groups is 1. The highest BCUT2D eigenvalue weighted by Gasteiger charge is 2.45. The highest BCUT2D eigenvalue weighted by Crippen LogP contribution is 2.43. The molecular weight excluding hydrogens is 330 g/mol. The molecular formula is C20H31N3O3. The van der Waals surface area contributed by atoms with Gasteiger partial charge in [-0.3, -0.25) is 9.48 Å². The average molecular weight is 361 g/mol. The molecule has 26 heavy (non-hydrogen) atoms. The van der Waals surface area contributed by atoms with Gasteiger partial charge in [-0.15, -0.1) is 0 Å². The number of ether oxygens (including phenoxy) is 1. The largest absolute Gasteiger partial charge is 0.483 e. The van der Waals surface area contributed by atoms with E-state index in [1.807, 2.05) is 18.1 Å². The first kappa shape index (κ1) is 17.8. The van der Waals surface area contributed by atoms with Crippen LogP contribution in [0, 0.1) is 11.8 Å². The van der Waals surface area contributed by atoms with Crippen LogP contribution in [0.2, 0.25) is 0 Å². The zero-order chi connectivity index (χ0) is 18.3. The number of rotatable bonds is 2. The number of likely N-dealkylation sites (tertiary alicyclic amines) is 1. The lowest BCUT2D eigenvalue weighted by Crippen LogP contribution is -2.52. The van der Waals surface area contributed by atoms with Crippen molar-refractivity contribution < 1.29 is 14.6 Å². The van der Waals surface area contributed by atoms with E-state index in [9.17, 15) is 9.90 Å². The zero-order valence-electron chi connectivity index (χ0n) is 16.0. The van der Waals surface area contributed by atoms with Crippen LogP contribution in [0.3, 0.4) is 0 Å². The Morgan fingerprint density at radius 2 is 2.00 bits per heavy atom. The molecule has 3 heterocycles. The maximum atomic E-state index is 12.7. The van der Waals surface area contributed by atoms with Gasteiger partial charge in [0.2, 0.25) is 5.91 Å². The summed E-state index contributed by atoms with van der Waals surface area (Å²) in [6.45, 7) is 3.77. The van der Waals surface area contributed by atoms with Crippen molar-refractivity contribution in [3.05, 3.63) is 11.9 Å². The van der Waals surface area contributed by atoms with E-state index in [4.69, 9.17) is 4.74 Å². The van der Waals surface area contributed by atoms with Crippen molar-refractivity contribution in [2.24, 2.45) is 18.9 Å². The predicted molar refractivity (Wildman–Crippen MR) is 97.7 cm³/mol. The molecule has 144 valence electrons.